The highest BCUT2D eigenvalue weighted by Gasteiger charge is 2.33. The van der Waals surface area contributed by atoms with Gasteiger partial charge in [0.05, 0.1) is 23.6 Å². The number of carbonyl (C=O) groups is 1. The molecule has 0 bridgehead atoms. The molecule has 8 heteroatoms. The number of esters is 1. The highest BCUT2D eigenvalue weighted by atomic mass is 16.7. The second-order valence-electron chi connectivity index (χ2n) is 7.46. The molecule has 1 aromatic carbocycles. The largest absolute Gasteiger partial charge is 0.462 e. The van der Waals surface area contributed by atoms with Gasteiger partial charge in [0.1, 0.15) is 6.10 Å². The fraction of sp³-hybridized carbons (Fsp3) is 0.650. The Kier molecular flexibility index (Phi) is 7.36. The van der Waals surface area contributed by atoms with E-state index in [1.165, 1.54) is 18.6 Å². The predicted octanol–water partition coefficient (Wildman–Crippen LogP) is 3.38. The normalized spacial score (nSPS) is 26.0. The molecular weight excluding hydrogens is 364 g/mol. The van der Waals surface area contributed by atoms with Crippen LogP contribution in [0.3, 0.4) is 0 Å². The summed E-state index contributed by atoms with van der Waals surface area (Å²) in [5.74, 6) is -0.243. The lowest BCUT2D eigenvalue weighted by Crippen LogP contribution is -2.37. The van der Waals surface area contributed by atoms with Gasteiger partial charge in [-0.15, -0.1) is 0 Å². The van der Waals surface area contributed by atoms with E-state index in [2.05, 4.69) is 0 Å². The lowest BCUT2D eigenvalue weighted by molar-refractivity contribution is -0.384. The number of carbonyl (C=O) groups excluding carboxylic acids is 1. The first-order chi connectivity index (χ1) is 13.5. The maximum absolute atomic E-state index is 12.4. The molecule has 1 heterocycles. The average molecular weight is 392 g/mol. The van der Waals surface area contributed by atoms with Gasteiger partial charge in [-0.2, -0.15) is 0 Å². The predicted molar refractivity (Wildman–Crippen MR) is 101 cm³/mol. The molecule has 1 saturated carbocycles. The summed E-state index contributed by atoms with van der Waals surface area (Å²) in [7, 11) is 0. The SMILES string of the molecule is NCC[C@@H]1C[C@H](CC(=O)OC2CCCCC2)O[C@H](c2ccc([N+](=O)[O-])cc2)O1. The Morgan fingerprint density at radius 3 is 2.46 bits per heavy atom. The minimum absolute atomic E-state index is 0.00526. The van der Waals surface area contributed by atoms with E-state index in [9.17, 15) is 14.9 Å². The van der Waals surface area contributed by atoms with E-state index in [-0.39, 0.29) is 36.4 Å². The molecule has 2 fully saturated rings. The molecule has 1 aliphatic carbocycles. The van der Waals surface area contributed by atoms with Crippen molar-refractivity contribution in [1.29, 1.82) is 0 Å². The molecule has 8 nitrogen and oxygen atoms in total. The molecule has 3 atom stereocenters. The van der Waals surface area contributed by atoms with Gasteiger partial charge in [-0.1, -0.05) is 6.42 Å². The molecule has 3 rings (SSSR count). The molecule has 0 radical (unpaired) electrons. The van der Waals surface area contributed by atoms with Gasteiger partial charge in [0.25, 0.3) is 5.69 Å². The number of ether oxygens (including phenoxy) is 3. The van der Waals surface area contributed by atoms with Crippen LogP contribution in [0.25, 0.3) is 0 Å². The Balaban J connectivity index is 1.62. The zero-order valence-electron chi connectivity index (χ0n) is 16.0. The van der Waals surface area contributed by atoms with E-state index < -0.39 is 11.2 Å². The smallest absolute Gasteiger partial charge is 0.308 e. The number of benzene rings is 1. The number of nitrogens with two attached hydrogens (primary N) is 1. The summed E-state index contributed by atoms with van der Waals surface area (Å²) < 4.78 is 17.5. The van der Waals surface area contributed by atoms with E-state index in [0.29, 0.717) is 24.9 Å². The standard InChI is InChI=1S/C20H28N2O6/c21-11-10-17-12-18(13-19(23)26-16-4-2-1-3-5-16)28-20(27-17)14-6-8-15(9-7-14)22(24)25/h6-9,16-18,20H,1-5,10-13,21H2/t17-,18-,20-/m1/s1. The molecule has 28 heavy (non-hydrogen) atoms. The molecule has 2 N–H and O–H groups in total. The van der Waals surface area contributed by atoms with E-state index in [1.807, 2.05) is 0 Å². The van der Waals surface area contributed by atoms with Crippen LogP contribution in [0.2, 0.25) is 0 Å². The van der Waals surface area contributed by atoms with E-state index in [0.717, 1.165) is 25.7 Å². The van der Waals surface area contributed by atoms with Gasteiger partial charge >= 0.3 is 5.97 Å². The number of nitro benzene ring substituents is 1. The van der Waals surface area contributed by atoms with Crippen molar-refractivity contribution in [3.63, 3.8) is 0 Å². The van der Waals surface area contributed by atoms with Crippen LogP contribution in [0, 0.1) is 10.1 Å². The molecule has 1 saturated heterocycles. The number of nitrogens with zero attached hydrogens (tertiary/aromatic N) is 1. The third-order valence-corrected chi connectivity index (χ3v) is 5.27. The lowest BCUT2D eigenvalue weighted by atomic mass is 9.97. The first kappa shape index (κ1) is 20.7. The minimum Gasteiger partial charge on any atom is -0.462 e. The Hall–Kier alpha value is -2.03. The van der Waals surface area contributed by atoms with Crippen LogP contribution >= 0.6 is 0 Å². The molecular formula is C20H28N2O6. The van der Waals surface area contributed by atoms with Crippen LogP contribution < -0.4 is 5.73 Å². The number of non-ortho nitro benzene ring substituents is 1. The van der Waals surface area contributed by atoms with Crippen molar-refractivity contribution in [1.82, 2.24) is 0 Å². The Bertz CT molecular complexity index is 659. The number of nitro groups is 1. The van der Waals surface area contributed by atoms with Crippen LogP contribution in [-0.4, -0.2) is 35.7 Å². The maximum Gasteiger partial charge on any atom is 0.308 e. The van der Waals surface area contributed by atoms with Crippen LogP contribution in [0.15, 0.2) is 24.3 Å². The minimum atomic E-state index is -0.682. The van der Waals surface area contributed by atoms with Crippen molar-refractivity contribution < 1.29 is 23.9 Å². The van der Waals surface area contributed by atoms with Crippen LogP contribution in [0.4, 0.5) is 5.69 Å². The van der Waals surface area contributed by atoms with Gasteiger partial charge < -0.3 is 19.9 Å². The number of hydrogen-bond acceptors (Lipinski definition) is 7. The van der Waals surface area contributed by atoms with Crippen LogP contribution in [0.1, 0.15) is 63.2 Å². The van der Waals surface area contributed by atoms with Gasteiger partial charge in [-0.05, 0) is 50.8 Å². The van der Waals surface area contributed by atoms with Crippen molar-refractivity contribution in [3.05, 3.63) is 39.9 Å². The van der Waals surface area contributed by atoms with Gasteiger partial charge in [0.15, 0.2) is 6.29 Å². The topological polar surface area (TPSA) is 114 Å². The molecule has 2 aliphatic rings. The number of rotatable bonds is 7. The first-order valence-electron chi connectivity index (χ1n) is 10.00. The molecule has 1 aliphatic heterocycles. The van der Waals surface area contributed by atoms with Crippen LogP contribution in [0.5, 0.6) is 0 Å². The Morgan fingerprint density at radius 1 is 1.14 bits per heavy atom. The van der Waals surface area contributed by atoms with Gasteiger partial charge in [-0.3, -0.25) is 14.9 Å². The summed E-state index contributed by atoms with van der Waals surface area (Å²) in [5.41, 5.74) is 6.36. The van der Waals surface area contributed by atoms with Gasteiger partial charge in [0, 0.05) is 24.1 Å². The highest BCUT2D eigenvalue weighted by molar-refractivity contribution is 5.70. The fourth-order valence-electron chi connectivity index (χ4n) is 3.80. The molecule has 1 aromatic rings. The van der Waals surface area contributed by atoms with Crippen LogP contribution in [-0.2, 0) is 19.0 Å². The summed E-state index contributed by atoms with van der Waals surface area (Å²) >= 11 is 0. The quantitative estimate of drug-likeness (QED) is 0.430. The second kappa shape index (κ2) is 9.95. The lowest BCUT2D eigenvalue weighted by Gasteiger charge is -2.36. The Morgan fingerprint density at radius 2 is 1.82 bits per heavy atom. The summed E-state index contributed by atoms with van der Waals surface area (Å²) in [6, 6.07) is 6.07. The van der Waals surface area contributed by atoms with Crippen molar-refractivity contribution in [2.24, 2.45) is 5.73 Å². The molecule has 0 unspecified atom stereocenters. The van der Waals surface area contributed by atoms with E-state index in [4.69, 9.17) is 19.9 Å². The van der Waals surface area contributed by atoms with Crippen molar-refractivity contribution >= 4 is 11.7 Å². The average Bonchev–Trinajstić information content (AvgIpc) is 2.69. The maximum atomic E-state index is 12.4. The summed E-state index contributed by atoms with van der Waals surface area (Å²) in [5, 5.41) is 10.8. The van der Waals surface area contributed by atoms with Gasteiger partial charge in [0.2, 0.25) is 0 Å². The third-order valence-electron chi connectivity index (χ3n) is 5.27. The third kappa shape index (κ3) is 5.73. The zero-order chi connectivity index (χ0) is 19.9. The van der Waals surface area contributed by atoms with Crippen molar-refractivity contribution in [2.75, 3.05) is 6.54 Å². The Labute approximate surface area is 164 Å². The second-order valence-corrected chi connectivity index (χ2v) is 7.46. The summed E-state index contributed by atoms with van der Waals surface area (Å²) in [6.07, 6.45) is 5.54. The number of hydrogen-bond donors (Lipinski definition) is 1. The summed E-state index contributed by atoms with van der Waals surface area (Å²) in [4.78, 5) is 22.8. The molecule has 0 spiro atoms. The highest BCUT2D eigenvalue weighted by Crippen LogP contribution is 2.33. The monoisotopic (exact) mass is 392 g/mol. The molecule has 154 valence electrons. The van der Waals surface area contributed by atoms with E-state index in [1.54, 1.807) is 12.1 Å². The van der Waals surface area contributed by atoms with Gasteiger partial charge in [-0.25, -0.2) is 0 Å². The molecule has 0 aromatic heterocycles. The zero-order valence-corrected chi connectivity index (χ0v) is 16.0. The van der Waals surface area contributed by atoms with E-state index >= 15 is 0 Å². The molecule has 0 amide bonds. The summed E-state index contributed by atoms with van der Waals surface area (Å²) in [6.45, 7) is 0.469. The van der Waals surface area contributed by atoms with Crippen molar-refractivity contribution in [3.8, 4) is 0 Å². The van der Waals surface area contributed by atoms with Crippen molar-refractivity contribution in [2.45, 2.75) is 76.0 Å². The first-order valence-corrected chi connectivity index (χ1v) is 10.00. The fourth-order valence-corrected chi connectivity index (χ4v) is 3.80.